The Balaban J connectivity index is 1.53. The van der Waals surface area contributed by atoms with E-state index in [1.54, 1.807) is 0 Å². The van der Waals surface area contributed by atoms with Crippen LogP contribution in [0.4, 0.5) is 13.2 Å². The molecule has 0 aliphatic heterocycles. The van der Waals surface area contributed by atoms with Crippen molar-refractivity contribution in [3.8, 4) is 17.1 Å². The number of carbonyl (C=O) groups is 3. The summed E-state index contributed by atoms with van der Waals surface area (Å²) in [6, 6.07) is 17.3. The molecule has 1 heterocycles. The van der Waals surface area contributed by atoms with Crippen LogP contribution in [0.3, 0.4) is 0 Å². The number of furan rings is 1. The third-order valence-corrected chi connectivity index (χ3v) is 5.98. The molecule has 9 nitrogen and oxygen atoms in total. The predicted octanol–water partition coefficient (Wildman–Crippen LogP) is 5.44. The second-order valence-electron chi connectivity index (χ2n) is 9.12. The number of rotatable bonds is 16. The zero-order chi connectivity index (χ0) is 29.7. The van der Waals surface area contributed by atoms with E-state index >= 15 is 0 Å². The summed E-state index contributed by atoms with van der Waals surface area (Å²) in [6.07, 6.45) is -1.14. The number of alkyl halides is 3. The van der Waals surface area contributed by atoms with Crippen LogP contribution in [0, 0.1) is 5.92 Å². The van der Waals surface area contributed by atoms with Gasteiger partial charge in [0.25, 0.3) is 5.91 Å². The molecule has 2 aromatic carbocycles. The minimum Gasteiger partial charge on any atom is -0.451 e. The fourth-order valence-electron chi connectivity index (χ4n) is 3.93. The lowest BCUT2D eigenvalue weighted by Gasteiger charge is -2.23. The second kappa shape index (κ2) is 15.5. The molecule has 2 N–H and O–H groups in total. The smallest absolute Gasteiger partial charge is 0.451 e. The maximum Gasteiger partial charge on any atom is 0.573 e. The number of nitrogens with one attached hydrogen (secondary N) is 2. The van der Waals surface area contributed by atoms with Crippen LogP contribution in [0.25, 0.3) is 11.3 Å². The van der Waals surface area contributed by atoms with Gasteiger partial charge in [-0.15, -0.1) is 13.2 Å². The Morgan fingerprint density at radius 2 is 1.80 bits per heavy atom. The fourth-order valence-corrected chi connectivity index (χ4v) is 3.93. The van der Waals surface area contributed by atoms with Crippen LogP contribution < -0.4 is 15.4 Å². The first kappa shape index (κ1) is 31.2. The number of hydrogen-bond acceptors (Lipinski definition) is 6. The highest BCUT2D eigenvalue weighted by Crippen LogP contribution is 2.29. The Hall–Kier alpha value is -4.32. The molecule has 0 fully saturated rings. The number of hydrogen-bond donors (Lipinski definition) is 2. The van der Waals surface area contributed by atoms with Gasteiger partial charge in [-0.25, -0.2) is 5.06 Å². The van der Waals surface area contributed by atoms with E-state index in [1.165, 1.54) is 24.3 Å². The van der Waals surface area contributed by atoms with Crippen molar-refractivity contribution in [2.75, 3.05) is 13.2 Å². The third kappa shape index (κ3) is 10.6. The van der Waals surface area contributed by atoms with Gasteiger partial charge in [0.05, 0.1) is 19.1 Å². The van der Waals surface area contributed by atoms with Gasteiger partial charge in [-0.1, -0.05) is 68.7 Å². The fraction of sp³-hybridized carbons (Fsp3) is 0.345. The number of ether oxygens (including phenoxy) is 1. The topological polar surface area (TPSA) is 110 Å². The van der Waals surface area contributed by atoms with E-state index < -0.39 is 23.9 Å². The van der Waals surface area contributed by atoms with Crippen molar-refractivity contribution in [3.63, 3.8) is 0 Å². The summed E-state index contributed by atoms with van der Waals surface area (Å²) >= 11 is 0. The van der Waals surface area contributed by atoms with Gasteiger partial charge in [0.1, 0.15) is 18.1 Å². The normalized spacial score (nSPS) is 11.9. The standard InChI is InChI=1S/C29H32F3N3O6/c1-2-3-5-11-23(17-35(20-36)39-18-21-9-6-4-7-10-21)27(37)33-19-34-28(38)26-15-14-25(40-26)22-12-8-13-24(16-22)41-29(30,31)32/h4,6-10,12-16,20,23H,2-3,5,11,17-19H2,1H3,(H,33,37)(H,34,38). The average Bonchev–Trinajstić information content (AvgIpc) is 3.45. The molecular formula is C29H32F3N3O6. The molecule has 3 aromatic rings. The molecule has 0 saturated heterocycles. The SMILES string of the molecule is CCCCCC(CN(C=O)OCc1ccccc1)C(=O)NCNC(=O)c1ccc(-c2cccc(OC(F)(F)F)c2)o1. The Kier molecular flexibility index (Phi) is 11.8. The predicted molar refractivity (Wildman–Crippen MR) is 143 cm³/mol. The Morgan fingerprint density at radius 1 is 1.02 bits per heavy atom. The van der Waals surface area contributed by atoms with Gasteiger partial charge in [0.2, 0.25) is 12.3 Å². The van der Waals surface area contributed by atoms with Crippen LogP contribution in [0.15, 0.2) is 71.1 Å². The molecule has 1 aromatic heterocycles. The van der Waals surface area contributed by atoms with Crippen molar-refractivity contribution in [1.82, 2.24) is 15.7 Å². The molecule has 0 aliphatic rings. The molecule has 1 unspecified atom stereocenters. The molecule has 3 amide bonds. The van der Waals surface area contributed by atoms with E-state index in [4.69, 9.17) is 9.25 Å². The molecule has 0 aliphatic carbocycles. The summed E-state index contributed by atoms with van der Waals surface area (Å²) in [6.45, 7) is 2.04. The minimum absolute atomic E-state index is 0.0402. The number of nitrogens with zero attached hydrogens (tertiary/aromatic N) is 1. The number of amides is 3. The summed E-state index contributed by atoms with van der Waals surface area (Å²) in [5.41, 5.74) is 1.15. The Bertz CT molecular complexity index is 1270. The molecule has 0 radical (unpaired) electrons. The molecule has 1 atom stereocenters. The van der Waals surface area contributed by atoms with Crippen molar-refractivity contribution in [2.45, 2.75) is 45.6 Å². The highest BCUT2D eigenvalue weighted by Gasteiger charge is 2.31. The lowest BCUT2D eigenvalue weighted by Crippen LogP contribution is -2.43. The van der Waals surface area contributed by atoms with Crippen LogP contribution in [-0.4, -0.2) is 42.9 Å². The van der Waals surface area contributed by atoms with Gasteiger partial charge < -0.3 is 19.8 Å². The van der Waals surface area contributed by atoms with E-state index in [-0.39, 0.29) is 42.8 Å². The monoisotopic (exact) mass is 575 g/mol. The zero-order valence-corrected chi connectivity index (χ0v) is 22.5. The van der Waals surface area contributed by atoms with Crippen molar-refractivity contribution in [1.29, 1.82) is 0 Å². The summed E-state index contributed by atoms with van der Waals surface area (Å²) < 4.78 is 47.0. The van der Waals surface area contributed by atoms with Crippen LogP contribution in [0.2, 0.25) is 0 Å². The first-order valence-corrected chi connectivity index (χ1v) is 13.1. The van der Waals surface area contributed by atoms with Gasteiger partial charge in [-0.2, -0.15) is 0 Å². The number of carbonyl (C=O) groups excluding carboxylic acids is 3. The number of benzene rings is 2. The number of unbranched alkanes of at least 4 members (excludes halogenated alkanes) is 2. The van der Waals surface area contributed by atoms with E-state index in [0.717, 1.165) is 42.0 Å². The Morgan fingerprint density at radius 3 is 2.51 bits per heavy atom. The summed E-state index contributed by atoms with van der Waals surface area (Å²) in [4.78, 5) is 42.6. The summed E-state index contributed by atoms with van der Waals surface area (Å²) in [7, 11) is 0. The van der Waals surface area contributed by atoms with Crippen molar-refractivity contribution < 1.29 is 41.5 Å². The maximum atomic E-state index is 12.9. The molecule has 0 bridgehead atoms. The highest BCUT2D eigenvalue weighted by atomic mass is 19.4. The van der Waals surface area contributed by atoms with E-state index in [2.05, 4.69) is 15.4 Å². The lowest BCUT2D eigenvalue weighted by molar-refractivity contribution is -0.274. The van der Waals surface area contributed by atoms with Gasteiger partial charge in [-0.05, 0) is 36.2 Å². The summed E-state index contributed by atoms with van der Waals surface area (Å²) in [5, 5.41) is 6.27. The van der Waals surface area contributed by atoms with Crippen LogP contribution in [0.5, 0.6) is 5.75 Å². The van der Waals surface area contributed by atoms with Crippen molar-refractivity contribution in [2.24, 2.45) is 5.92 Å². The molecule has 12 heteroatoms. The maximum absolute atomic E-state index is 12.9. The molecule has 3 rings (SSSR count). The van der Waals surface area contributed by atoms with Gasteiger partial charge in [0, 0.05) is 5.56 Å². The van der Waals surface area contributed by atoms with Crippen LogP contribution in [0.1, 0.15) is 48.7 Å². The van der Waals surface area contributed by atoms with Crippen LogP contribution >= 0.6 is 0 Å². The lowest BCUT2D eigenvalue weighted by atomic mass is 10.0. The Labute approximate surface area is 235 Å². The number of hydroxylamine groups is 2. The average molecular weight is 576 g/mol. The van der Waals surface area contributed by atoms with Crippen molar-refractivity contribution >= 4 is 18.2 Å². The first-order valence-electron chi connectivity index (χ1n) is 13.1. The van der Waals surface area contributed by atoms with E-state index in [1.807, 2.05) is 37.3 Å². The minimum atomic E-state index is -4.84. The number of halogens is 3. The zero-order valence-electron chi connectivity index (χ0n) is 22.5. The molecule has 41 heavy (non-hydrogen) atoms. The second-order valence-corrected chi connectivity index (χ2v) is 9.12. The highest BCUT2D eigenvalue weighted by molar-refractivity contribution is 5.92. The molecule has 0 saturated carbocycles. The van der Waals surface area contributed by atoms with Crippen LogP contribution in [-0.2, 0) is 21.0 Å². The quantitative estimate of drug-likeness (QED) is 0.102. The van der Waals surface area contributed by atoms with Gasteiger partial charge >= 0.3 is 6.36 Å². The van der Waals surface area contributed by atoms with E-state index in [0.29, 0.717) is 12.8 Å². The third-order valence-electron chi connectivity index (χ3n) is 5.98. The molecule has 220 valence electrons. The molecule has 0 spiro atoms. The van der Waals surface area contributed by atoms with E-state index in [9.17, 15) is 27.6 Å². The summed E-state index contributed by atoms with van der Waals surface area (Å²) in [5.74, 6) is -1.93. The first-order chi connectivity index (χ1) is 19.7. The molecular weight excluding hydrogens is 543 g/mol. The largest absolute Gasteiger partial charge is 0.573 e. The van der Waals surface area contributed by atoms with Gasteiger partial charge in [-0.3, -0.25) is 19.2 Å². The van der Waals surface area contributed by atoms with Gasteiger partial charge in [0.15, 0.2) is 5.76 Å². The van der Waals surface area contributed by atoms with Crippen molar-refractivity contribution in [3.05, 3.63) is 78.1 Å².